The molecule has 2 amide bonds. The van der Waals surface area contributed by atoms with Gasteiger partial charge in [-0.2, -0.15) is 0 Å². The quantitative estimate of drug-likeness (QED) is 0.374. The van der Waals surface area contributed by atoms with Crippen LogP contribution < -0.4 is 16.8 Å². The van der Waals surface area contributed by atoms with Gasteiger partial charge in [0.1, 0.15) is 6.04 Å². The van der Waals surface area contributed by atoms with Crippen LogP contribution in [0.2, 0.25) is 0 Å². The van der Waals surface area contributed by atoms with E-state index in [4.69, 9.17) is 34.7 Å². The highest BCUT2D eigenvalue weighted by molar-refractivity contribution is 6.33. The Morgan fingerprint density at radius 3 is 2.75 bits per heavy atom. The lowest BCUT2D eigenvalue weighted by Gasteiger charge is -2.28. The fourth-order valence-corrected chi connectivity index (χ4v) is 1.91. The molecule has 0 aromatic carbocycles. The number of rotatable bonds is 1. The SMILES string of the molecule is CC1(Cl)C=CC=C(Cl)C1N=C(N)NC(N)=O. The van der Waals surface area contributed by atoms with E-state index in [0.717, 1.165) is 0 Å². The molecular formula is C9H12Cl2N4O. The van der Waals surface area contributed by atoms with Crippen molar-refractivity contribution >= 4 is 35.2 Å². The first-order chi connectivity index (χ1) is 7.33. The fraction of sp³-hybridized carbons (Fsp3) is 0.333. The van der Waals surface area contributed by atoms with Crippen molar-refractivity contribution < 1.29 is 4.79 Å². The Bertz CT molecular complexity index is 387. The third-order valence-corrected chi connectivity index (χ3v) is 2.66. The molecule has 1 aliphatic carbocycles. The molecule has 0 bridgehead atoms. The number of guanidine groups is 1. The highest BCUT2D eigenvalue weighted by Gasteiger charge is 2.33. The summed E-state index contributed by atoms with van der Waals surface area (Å²) in [6.07, 6.45) is 5.14. The van der Waals surface area contributed by atoms with Crippen LogP contribution in [-0.2, 0) is 0 Å². The molecular weight excluding hydrogens is 251 g/mol. The fourth-order valence-electron chi connectivity index (χ4n) is 1.27. The van der Waals surface area contributed by atoms with Crippen LogP contribution in [0, 0.1) is 0 Å². The van der Waals surface area contributed by atoms with Crippen LogP contribution in [0.15, 0.2) is 28.3 Å². The minimum absolute atomic E-state index is 0.119. The van der Waals surface area contributed by atoms with E-state index in [2.05, 4.69) is 10.3 Å². The molecule has 7 heteroatoms. The maximum absolute atomic E-state index is 10.5. The molecule has 2 unspecified atom stereocenters. The molecule has 5 nitrogen and oxygen atoms in total. The van der Waals surface area contributed by atoms with Crippen LogP contribution in [0.3, 0.4) is 0 Å². The Morgan fingerprint density at radius 1 is 1.62 bits per heavy atom. The smallest absolute Gasteiger partial charge is 0.318 e. The van der Waals surface area contributed by atoms with Crippen molar-refractivity contribution in [3.8, 4) is 0 Å². The molecule has 0 radical (unpaired) electrons. The van der Waals surface area contributed by atoms with Gasteiger partial charge in [0.15, 0.2) is 5.96 Å². The van der Waals surface area contributed by atoms with Crippen molar-refractivity contribution in [1.29, 1.82) is 0 Å². The second-order valence-corrected chi connectivity index (χ2v) is 4.72. The van der Waals surface area contributed by atoms with E-state index in [1.54, 1.807) is 25.2 Å². The number of nitrogens with zero attached hydrogens (tertiary/aromatic N) is 1. The van der Waals surface area contributed by atoms with E-state index in [0.29, 0.717) is 5.03 Å². The Morgan fingerprint density at radius 2 is 2.25 bits per heavy atom. The zero-order valence-corrected chi connectivity index (χ0v) is 10.1. The average molecular weight is 263 g/mol. The van der Waals surface area contributed by atoms with Crippen LogP contribution in [-0.4, -0.2) is 22.9 Å². The minimum Gasteiger partial charge on any atom is -0.370 e. The highest BCUT2D eigenvalue weighted by atomic mass is 35.5. The van der Waals surface area contributed by atoms with Gasteiger partial charge in [-0.25, -0.2) is 9.79 Å². The van der Waals surface area contributed by atoms with Crippen LogP contribution in [0.25, 0.3) is 0 Å². The van der Waals surface area contributed by atoms with Gasteiger partial charge in [0.05, 0.1) is 4.87 Å². The number of aliphatic imine (C=N–C) groups is 1. The van der Waals surface area contributed by atoms with E-state index in [1.807, 2.05) is 0 Å². The maximum atomic E-state index is 10.5. The van der Waals surface area contributed by atoms with Gasteiger partial charge in [0.2, 0.25) is 0 Å². The number of amides is 2. The lowest BCUT2D eigenvalue weighted by atomic mass is 9.96. The molecule has 5 N–H and O–H groups in total. The predicted octanol–water partition coefficient (Wildman–Crippen LogP) is 1.03. The number of carbonyl (C=O) groups is 1. The van der Waals surface area contributed by atoms with Gasteiger partial charge in [0.25, 0.3) is 0 Å². The maximum Gasteiger partial charge on any atom is 0.318 e. The predicted molar refractivity (Wildman–Crippen MR) is 65.5 cm³/mol. The summed E-state index contributed by atoms with van der Waals surface area (Å²) >= 11 is 12.2. The first-order valence-electron chi connectivity index (χ1n) is 4.46. The van der Waals surface area contributed by atoms with Gasteiger partial charge in [-0.05, 0) is 13.0 Å². The van der Waals surface area contributed by atoms with Crippen molar-refractivity contribution in [3.05, 3.63) is 23.3 Å². The van der Waals surface area contributed by atoms with E-state index in [1.165, 1.54) is 0 Å². The molecule has 0 aliphatic heterocycles. The van der Waals surface area contributed by atoms with E-state index in [9.17, 15) is 4.79 Å². The van der Waals surface area contributed by atoms with Gasteiger partial charge >= 0.3 is 6.03 Å². The largest absolute Gasteiger partial charge is 0.370 e. The van der Waals surface area contributed by atoms with Crippen LogP contribution in [0.4, 0.5) is 4.79 Å². The lowest BCUT2D eigenvalue weighted by Crippen LogP contribution is -2.43. The Hall–Kier alpha value is -1.20. The van der Waals surface area contributed by atoms with Crippen molar-refractivity contribution in [2.24, 2.45) is 16.5 Å². The molecule has 2 atom stereocenters. The molecule has 0 saturated carbocycles. The first-order valence-corrected chi connectivity index (χ1v) is 5.22. The normalized spacial score (nSPS) is 29.8. The number of halogens is 2. The zero-order valence-electron chi connectivity index (χ0n) is 8.58. The summed E-state index contributed by atoms with van der Waals surface area (Å²) in [7, 11) is 0. The number of nitrogens with two attached hydrogens (primary N) is 2. The monoisotopic (exact) mass is 262 g/mol. The van der Waals surface area contributed by atoms with Gasteiger partial charge in [-0.15, -0.1) is 11.6 Å². The number of hydrogen-bond acceptors (Lipinski definition) is 2. The molecule has 0 fully saturated rings. The van der Waals surface area contributed by atoms with Gasteiger partial charge < -0.3 is 11.5 Å². The number of primary amides is 1. The molecule has 0 heterocycles. The van der Waals surface area contributed by atoms with Crippen molar-refractivity contribution in [2.45, 2.75) is 17.8 Å². The van der Waals surface area contributed by atoms with E-state index in [-0.39, 0.29) is 5.96 Å². The van der Waals surface area contributed by atoms with Gasteiger partial charge in [-0.3, -0.25) is 5.32 Å². The van der Waals surface area contributed by atoms with Crippen LogP contribution in [0.1, 0.15) is 6.92 Å². The third kappa shape index (κ3) is 3.15. The number of carbonyl (C=O) groups excluding carboxylic acids is 1. The molecule has 88 valence electrons. The minimum atomic E-state index is -0.788. The summed E-state index contributed by atoms with van der Waals surface area (Å²) in [5.74, 6) is -0.119. The molecule has 1 rings (SSSR count). The summed E-state index contributed by atoms with van der Waals surface area (Å²) in [5, 5.41) is 2.59. The number of hydrogen-bond donors (Lipinski definition) is 3. The Labute approximate surface area is 103 Å². The summed E-state index contributed by atoms with van der Waals surface area (Å²) in [6, 6.07) is -1.34. The molecule has 16 heavy (non-hydrogen) atoms. The number of alkyl halides is 1. The summed E-state index contributed by atoms with van der Waals surface area (Å²) in [6.45, 7) is 1.74. The second-order valence-electron chi connectivity index (χ2n) is 3.47. The molecule has 0 aromatic heterocycles. The number of allylic oxidation sites excluding steroid dienone is 2. The third-order valence-electron chi connectivity index (χ3n) is 1.99. The van der Waals surface area contributed by atoms with Gasteiger partial charge in [0, 0.05) is 5.03 Å². The van der Waals surface area contributed by atoms with Gasteiger partial charge in [-0.1, -0.05) is 23.8 Å². The van der Waals surface area contributed by atoms with E-state index < -0.39 is 16.9 Å². The zero-order chi connectivity index (χ0) is 12.3. The standard InChI is InChI=1S/C9H12Cl2N4O/c1-9(11)4-2-3-5(10)6(9)14-7(12)15-8(13)16/h2-4,6H,1H3,(H5,12,13,14,15,16). The summed E-state index contributed by atoms with van der Waals surface area (Å²) in [4.78, 5) is 13.8. The summed E-state index contributed by atoms with van der Waals surface area (Å²) < 4.78 is 0. The topological polar surface area (TPSA) is 93.5 Å². The summed E-state index contributed by atoms with van der Waals surface area (Å²) in [5.41, 5.74) is 10.4. The molecule has 0 spiro atoms. The average Bonchev–Trinajstić information content (AvgIpc) is 2.10. The first kappa shape index (κ1) is 12.9. The second kappa shape index (κ2) is 4.76. The van der Waals surface area contributed by atoms with Crippen LogP contribution in [0.5, 0.6) is 0 Å². The van der Waals surface area contributed by atoms with Crippen molar-refractivity contribution in [3.63, 3.8) is 0 Å². The van der Waals surface area contributed by atoms with E-state index >= 15 is 0 Å². The Balaban J connectivity index is 2.90. The lowest BCUT2D eigenvalue weighted by molar-refractivity contribution is 0.253. The molecule has 0 aromatic rings. The van der Waals surface area contributed by atoms with Crippen molar-refractivity contribution in [1.82, 2.24) is 5.32 Å². The molecule has 0 saturated heterocycles. The number of urea groups is 1. The Kier molecular flexibility index (Phi) is 3.83. The highest BCUT2D eigenvalue weighted by Crippen LogP contribution is 2.33. The van der Waals surface area contributed by atoms with Crippen molar-refractivity contribution in [2.75, 3.05) is 0 Å². The number of nitrogens with one attached hydrogen (secondary N) is 1. The van der Waals surface area contributed by atoms with Crippen LogP contribution >= 0.6 is 23.2 Å². The molecule has 1 aliphatic rings.